The van der Waals surface area contributed by atoms with Gasteiger partial charge in [0.2, 0.25) is 5.91 Å². The number of aryl methyl sites for hydroxylation is 1. The molecule has 0 spiro atoms. The average molecular weight is 379 g/mol. The fourth-order valence-corrected chi connectivity index (χ4v) is 3.07. The first-order chi connectivity index (χ1) is 13.6. The summed E-state index contributed by atoms with van der Waals surface area (Å²) in [7, 11) is 3.24. The van der Waals surface area contributed by atoms with Crippen LogP contribution >= 0.6 is 0 Å². The molecule has 0 fully saturated rings. The third kappa shape index (κ3) is 4.52. The normalized spacial score (nSPS) is 10.5. The summed E-state index contributed by atoms with van der Waals surface area (Å²) in [5.41, 5.74) is 4.12. The van der Waals surface area contributed by atoms with Crippen molar-refractivity contribution in [1.82, 2.24) is 10.2 Å². The van der Waals surface area contributed by atoms with Gasteiger partial charge < -0.3 is 14.8 Å². The van der Waals surface area contributed by atoms with Crippen LogP contribution in [-0.4, -0.2) is 30.3 Å². The summed E-state index contributed by atoms with van der Waals surface area (Å²) in [5.74, 6) is 1.37. The van der Waals surface area contributed by atoms with Crippen LogP contribution in [0.2, 0.25) is 0 Å². The molecule has 2 N–H and O–H groups in total. The van der Waals surface area contributed by atoms with E-state index >= 15 is 0 Å². The molecule has 1 amide bonds. The molecule has 146 valence electrons. The molecule has 0 unspecified atom stereocenters. The molecule has 0 aliphatic carbocycles. The van der Waals surface area contributed by atoms with E-state index in [0.29, 0.717) is 5.69 Å². The number of carbonyl (C=O) groups is 1. The second-order valence-electron chi connectivity index (χ2n) is 6.48. The van der Waals surface area contributed by atoms with Gasteiger partial charge in [-0.3, -0.25) is 9.89 Å². The number of methoxy groups -OCH3 is 2. The maximum atomic E-state index is 12.7. The van der Waals surface area contributed by atoms with Gasteiger partial charge in [0.15, 0.2) is 0 Å². The number of nitrogens with zero attached hydrogens (tertiary/aromatic N) is 1. The lowest BCUT2D eigenvalue weighted by atomic mass is 10.1. The van der Waals surface area contributed by atoms with Crippen molar-refractivity contribution in [2.45, 2.75) is 26.2 Å². The number of hydrogen-bond donors (Lipinski definition) is 2. The Morgan fingerprint density at radius 1 is 1.07 bits per heavy atom. The Balaban J connectivity index is 1.86. The Kier molecular flexibility index (Phi) is 6.32. The van der Waals surface area contributed by atoms with E-state index in [4.69, 9.17) is 9.47 Å². The standard InChI is InChI=1S/C22H25N3O3/c1-4-7-19-22(21(25-24-19)16-9-6-11-18(14-16)28-3)23-20(26)13-15-8-5-10-17(12-15)27-2/h5-6,8-12,14H,4,7,13H2,1-3H3,(H,23,26)(H,24,25). The number of rotatable bonds is 8. The molecule has 28 heavy (non-hydrogen) atoms. The number of benzene rings is 2. The first kappa shape index (κ1) is 19.5. The molecule has 6 nitrogen and oxygen atoms in total. The Morgan fingerprint density at radius 2 is 1.79 bits per heavy atom. The molecule has 0 aliphatic rings. The molecule has 0 aliphatic heterocycles. The number of ether oxygens (including phenoxy) is 2. The van der Waals surface area contributed by atoms with Crippen LogP contribution < -0.4 is 14.8 Å². The van der Waals surface area contributed by atoms with Crippen molar-refractivity contribution in [2.24, 2.45) is 0 Å². The van der Waals surface area contributed by atoms with Crippen molar-refractivity contribution in [2.75, 3.05) is 19.5 Å². The number of aromatic nitrogens is 2. The molecule has 2 aromatic carbocycles. The van der Waals surface area contributed by atoms with E-state index < -0.39 is 0 Å². The zero-order valence-electron chi connectivity index (χ0n) is 16.4. The predicted molar refractivity (Wildman–Crippen MR) is 110 cm³/mol. The highest BCUT2D eigenvalue weighted by Crippen LogP contribution is 2.31. The minimum Gasteiger partial charge on any atom is -0.497 e. The zero-order chi connectivity index (χ0) is 19.9. The van der Waals surface area contributed by atoms with Crippen LogP contribution in [0.4, 0.5) is 5.69 Å². The number of carbonyl (C=O) groups excluding carboxylic acids is 1. The van der Waals surface area contributed by atoms with Crippen LogP contribution in [0.25, 0.3) is 11.3 Å². The van der Waals surface area contributed by atoms with Gasteiger partial charge in [0.1, 0.15) is 17.2 Å². The lowest BCUT2D eigenvalue weighted by Crippen LogP contribution is -2.15. The summed E-state index contributed by atoms with van der Waals surface area (Å²) in [6, 6.07) is 15.2. The van der Waals surface area contributed by atoms with Crippen LogP contribution in [0, 0.1) is 0 Å². The highest BCUT2D eigenvalue weighted by molar-refractivity contribution is 5.96. The summed E-state index contributed by atoms with van der Waals surface area (Å²) in [4.78, 5) is 12.7. The third-order valence-corrected chi connectivity index (χ3v) is 4.45. The van der Waals surface area contributed by atoms with Gasteiger partial charge in [0.05, 0.1) is 32.0 Å². The molecular weight excluding hydrogens is 354 g/mol. The number of hydrogen-bond acceptors (Lipinski definition) is 4. The smallest absolute Gasteiger partial charge is 0.228 e. The number of H-pyrrole nitrogens is 1. The first-order valence-corrected chi connectivity index (χ1v) is 9.29. The van der Waals surface area contributed by atoms with Crippen LogP contribution in [0.1, 0.15) is 24.6 Å². The predicted octanol–water partition coefficient (Wildman–Crippen LogP) is 4.23. The SMILES string of the molecule is CCCc1[nH]nc(-c2cccc(OC)c2)c1NC(=O)Cc1cccc(OC)c1. The number of nitrogens with one attached hydrogen (secondary N) is 2. The monoisotopic (exact) mass is 379 g/mol. The number of aromatic amines is 1. The summed E-state index contributed by atoms with van der Waals surface area (Å²) >= 11 is 0. The van der Waals surface area contributed by atoms with Crippen LogP contribution in [0.3, 0.4) is 0 Å². The fraction of sp³-hybridized carbons (Fsp3) is 0.273. The van der Waals surface area contributed by atoms with Crippen molar-refractivity contribution in [3.05, 3.63) is 59.8 Å². The highest BCUT2D eigenvalue weighted by Gasteiger charge is 2.17. The lowest BCUT2D eigenvalue weighted by molar-refractivity contribution is -0.115. The Bertz CT molecular complexity index is 950. The van der Waals surface area contributed by atoms with E-state index in [0.717, 1.165) is 46.8 Å². The van der Waals surface area contributed by atoms with Crippen LogP contribution in [0.5, 0.6) is 11.5 Å². The van der Waals surface area contributed by atoms with Crippen molar-refractivity contribution in [3.8, 4) is 22.8 Å². The van der Waals surface area contributed by atoms with Gasteiger partial charge in [-0.2, -0.15) is 5.10 Å². The van der Waals surface area contributed by atoms with Gasteiger partial charge in [-0.1, -0.05) is 37.6 Å². The quantitative estimate of drug-likeness (QED) is 0.614. The molecule has 6 heteroatoms. The third-order valence-electron chi connectivity index (χ3n) is 4.45. The number of amides is 1. The minimum atomic E-state index is -0.101. The molecule has 0 saturated heterocycles. The number of anilines is 1. The second-order valence-corrected chi connectivity index (χ2v) is 6.48. The molecule has 0 bridgehead atoms. The molecule has 0 saturated carbocycles. The van der Waals surface area contributed by atoms with Gasteiger partial charge in [-0.05, 0) is 36.2 Å². The van der Waals surface area contributed by atoms with E-state index in [2.05, 4.69) is 22.4 Å². The summed E-state index contributed by atoms with van der Waals surface area (Å²) in [6.07, 6.45) is 2.00. The first-order valence-electron chi connectivity index (χ1n) is 9.29. The topological polar surface area (TPSA) is 76.2 Å². The molecule has 0 radical (unpaired) electrons. The lowest BCUT2D eigenvalue weighted by Gasteiger charge is -2.10. The fourth-order valence-electron chi connectivity index (χ4n) is 3.07. The average Bonchev–Trinajstić information content (AvgIpc) is 3.10. The largest absolute Gasteiger partial charge is 0.497 e. The van der Waals surface area contributed by atoms with Crippen molar-refractivity contribution in [3.63, 3.8) is 0 Å². The van der Waals surface area contributed by atoms with Gasteiger partial charge in [0, 0.05) is 5.56 Å². The van der Waals surface area contributed by atoms with Gasteiger partial charge in [0.25, 0.3) is 0 Å². The van der Waals surface area contributed by atoms with Crippen molar-refractivity contribution in [1.29, 1.82) is 0 Å². The Hall–Kier alpha value is -3.28. The highest BCUT2D eigenvalue weighted by atomic mass is 16.5. The van der Waals surface area contributed by atoms with Gasteiger partial charge in [-0.15, -0.1) is 0 Å². The summed E-state index contributed by atoms with van der Waals surface area (Å²) in [5, 5.41) is 10.6. The van der Waals surface area contributed by atoms with Crippen LogP contribution in [0.15, 0.2) is 48.5 Å². The van der Waals surface area contributed by atoms with Crippen molar-refractivity contribution >= 4 is 11.6 Å². The van der Waals surface area contributed by atoms with E-state index in [1.165, 1.54) is 0 Å². The zero-order valence-corrected chi connectivity index (χ0v) is 16.4. The summed E-state index contributed by atoms with van der Waals surface area (Å²) < 4.78 is 10.5. The van der Waals surface area contributed by atoms with E-state index in [9.17, 15) is 4.79 Å². The van der Waals surface area contributed by atoms with Gasteiger partial charge >= 0.3 is 0 Å². The summed E-state index contributed by atoms with van der Waals surface area (Å²) in [6.45, 7) is 2.09. The minimum absolute atomic E-state index is 0.101. The second kappa shape index (κ2) is 9.08. The maximum absolute atomic E-state index is 12.7. The van der Waals surface area contributed by atoms with Crippen molar-refractivity contribution < 1.29 is 14.3 Å². The van der Waals surface area contributed by atoms with E-state index in [1.807, 2.05) is 48.5 Å². The molecule has 3 rings (SSSR count). The van der Waals surface area contributed by atoms with Gasteiger partial charge in [-0.25, -0.2) is 0 Å². The Labute approximate surface area is 164 Å². The van der Waals surface area contributed by atoms with E-state index in [-0.39, 0.29) is 12.3 Å². The molecule has 1 aromatic heterocycles. The van der Waals surface area contributed by atoms with Crippen LogP contribution in [-0.2, 0) is 17.6 Å². The molecular formula is C22H25N3O3. The Morgan fingerprint density at radius 3 is 2.50 bits per heavy atom. The molecule has 3 aromatic rings. The maximum Gasteiger partial charge on any atom is 0.228 e. The van der Waals surface area contributed by atoms with E-state index in [1.54, 1.807) is 14.2 Å². The molecule has 0 atom stereocenters. The molecule has 1 heterocycles.